The van der Waals surface area contributed by atoms with Gasteiger partial charge in [0, 0.05) is 0 Å². The molecule has 1 fully saturated rings. The predicted molar refractivity (Wildman–Crippen MR) is 49.8 cm³/mol. The minimum absolute atomic E-state index is 0.142. The van der Waals surface area contributed by atoms with Crippen molar-refractivity contribution in [2.45, 2.75) is 44.6 Å². The number of hydrogen-bond acceptors (Lipinski definition) is 1. The molecule has 1 saturated carbocycles. The van der Waals surface area contributed by atoms with Gasteiger partial charge in [-0.1, -0.05) is 31.4 Å². The minimum Gasteiger partial charge on any atom is -0.389 e. The molecule has 2 unspecified atom stereocenters. The fraction of sp³-hybridized carbons (Fsp3) is 0.818. The third-order valence-electron chi connectivity index (χ3n) is 3.35. The van der Waals surface area contributed by atoms with E-state index in [0.29, 0.717) is 5.92 Å². The fourth-order valence-electron chi connectivity index (χ4n) is 2.62. The van der Waals surface area contributed by atoms with E-state index in [4.69, 9.17) is 0 Å². The van der Waals surface area contributed by atoms with Crippen LogP contribution in [0.3, 0.4) is 0 Å². The van der Waals surface area contributed by atoms with Crippen LogP contribution in [0.1, 0.15) is 38.5 Å². The van der Waals surface area contributed by atoms with Gasteiger partial charge in [0.15, 0.2) is 0 Å². The third-order valence-corrected chi connectivity index (χ3v) is 3.35. The van der Waals surface area contributed by atoms with Gasteiger partial charge >= 0.3 is 0 Å². The third kappa shape index (κ3) is 1.71. The molecular formula is C11H18O. The predicted octanol–water partition coefficient (Wildman–Crippen LogP) is 2.50. The van der Waals surface area contributed by atoms with E-state index in [-0.39, 0.29) is 6.10 Å². The Morgan fingerprint density at radius 3 is 2.33 bits per heavy atom. The first-order valence-electron chi connectivity index (χ1n) is 5.22. The summed E-state index contributed by atoms with van der Waals surface area (Å²) in [5.41, 5.74) is 0. The van der Waals surface area contributed by atoms with E-state index in [1.54, 1.807) is 0 Å². The van der Waals surface area contributed by atoms with Crippen molar-refractivity contribution >= 4 is 0 Å². The van der Waals surface area contributed by atoms with E-state index in [1.807, 2.05) is 6.08 Å². The molecule has 0 radical (unpaired) electrons. The van der Waals surface area contributed by atoms with Crippen molar-refractivity contribution < 1.29 is 5.11 Å². The van der Waals surface area contributed by atoms with Crippen molar-refractivity contribution in [2.24, 2.45) is 11.8 Å². The zero-order valence-electron chi connectivity index (χ0n) is 7.58. The Balaban J connectivity index is 1.87. The monoisotopic (exact) mass is 166 g/mol. The first kappa shape index (κ1) is 8.31. The molecule has 1 heteroatoms. The summed E-state index contributed by atoms with van der Waals surface area (Å²) in [4.78, 5) is 0. The van der Waals surface area contributed by atoms with E-state index < -0.39 is 0 Å². The van der Waals surface area contributed by atoms with E-state index in [1.165, 1.54) is 32.1 Å². The fourth-order valence-corrected chi connectivity index (χ4v) is 2.62. The highest BCUT2D eigenvalue weighted by Gasteiger charge is 2.26. The summed E-state index contributed by atoms with van der Waals surface area (Å²) in [6.07, 6.45) is 12.1. The van der Waals surface area contributed by atoms with Crippen molar-refractivity contribution in [3.05, 3.63) is 12.2 Å². The van der Waals surface area contributed by atoms with Gasteiger partial charge in [-0.15, -0.1) is 0 Å². The molecule has 0 aromatic rings. The summed E-state index contributed by atoms with van der Waals surface area (Å²) < 4.78 is 0. The molecule has 0 aromatic carbocycles. The van der Waals surface area contributed by atoms with Crippen LogP contribution in [0, 0.1) is 11.8 Å². The van der Waals surface area contributed by atoms with Crippen LogP contribution in [-0.4, -0.2) is 11.2 Å². The molecule has 2 rings (SSSR count). The van der Waals surface area contributed by atoms with Gasteiger partial charge < -0.3 is 5.11 Å². The second-order valence-corrected chi connectivity index (χ2v) is 4.25. The van der Waals surface area contributed by atoms with Crippen molar-refractivity contribution in [1.82, 2.24) is 0 Å². The second kappa shape index (κ2) is 3.61. The van der Waals surface area contributed by atoms with Crippen LogP contribution in [0.4, 0.5) is 0 Å². The zero-order valence-corrected chi connectivity index (χ0v) is 7.58. The molecule has 0 saturated heterocycles. The largest absolute Gasteiger partial charge is 0.389 e. The topological polar surface area (TPSA) is 20.2 Å². The summed E-state index contributed by atoms with van der Waals surface area (Å²) >= 11 is 0. The summed E-state index contributed by atoms with van der Waals surface area (Å²) in [7, 11) is 0. The average molecular weight is 166 g/mol. The Bertz CT molecular complexity index is 168. The maximum absolute atomic E-state index is 9.34. The second-order valence-electron chi connectivity index (χ2n) is 4.25. The van der Waals surface area contributed by atoms with Gasteiger partial charge in [-0.3, -0.25) is 0 Å². The van der Waals surface area contributed by atoms with Gasteiger partial charge in [0.25, 0.3) is 0 Å². The van der Waals surface area contributed by atoms with Gasteiger partial charge in [-0.05, 0) is 31.1 Å². The van der Waals surface area contributed by atoms with Crippen LogP contribution in [-0.2, 0) is 0 Å². The van der Waals surface area contributed by atoms with Crippen molar-refractivity contribution in [3.8, 4) is 0 Å². The number of aliphatic hydroxyl groups excluding tert-OH is 1. The quantitative estimate of drug-likeness (QED) is 0.593. The molecular weight excluding hydrogens is 148 g/mol. The maximum Gasteiger partial charge on any atom is 0.0726 e. The smallest absolute Gasteiger partial charge is 0.0726 e. The van der Waals surface area contributed by atoms with Gasteiger partial charge in [0.2, 0.25) is 0 Å². The Labute approximate surface area is 74.5 Å². The lowest BCUT2D eigenvalue weighted by Gasteiger charge is -2.26. The number of hydrogen-bond donors (Lipinski definition) is 1. The number of rotatable bonds is 1. The molecule has 2 aliphatic rings. The van der Waals surface area contributed by atoms with Gasteiger partial charge in [0.1, 0.15) is 0 Å². The number of aliphatic hydroxyl groups is 1. The Hall–Kier alpha value is -0.300. The van der Waals surface area contributed by atoms with E-state index in [2.05, 4.69) is 6.08 Å². The molecule has 0 aromatic heterocycles. The summed E-state index contributed by atoms with van der Waals surface area (Å²) in [6.45, 7) is 0. The van der Waals surface area contributed by atoms with Crippen molar-refractivity contribution in [2.75, 3.05) is 0 Å². The Morgan fingerprint density at radius 1 is 1.00 bits per heavy atom. The van der Waals surface area contributed by atoms with E-state index in [0.717, 1.165) is 12.3 Å². The standard InChI is InChI=1S/C11H18O/c12-11-7-6-10(8-11)9-4-2-1-3-5-9/h6-7,9-12H,1-5,8H2. The van der Waals surface area contributed by atoms with Crippen LogP contribution < -0.4 is 0 Å². The van der Waals surface area contributed by atoms with Crippen LogP contribution in [0.2, 0.25) is 0 Å². The average Bonchev–Trinajstić information content (AvgIpc) is 2.54. The molecule has 0 bridgehead atoms. The molecule has 0 amide bonds. The van der Waals surface area contributed by atoms with Gasteiger partial charge in [-0.2, -0.15) is 0 Å². The summed E-state index contributed by atoms with van der Waals surface area (Å²) in [5.74, 6) is 1.58. The van der Waals surface area contributed by atoms with Crippen LogP contribution in [0.25, 0.3) is 0 Å². The summed E-state index contributed by atoms with van der Waals surface area (Å²) in [5, 5.41) is 9.34. The lowest BCUT2D eigenvalue weighted by atomic mass is 9.80. The normalized spacial score (nSPS) is 37.4. The first-order chi connectivity index (χ1) is 5.86. The Kier molecular flexibility index (Phi) is 2.50. The molecule has 1 nitrogen and oxygen atoms in total. The van der Waals surface area contributed by atoms with Gasteiger partial charge in [-0.25, -0.2) is 0 Å². The Morgan fingerprint density at radius 2 is 1.75 bits per heavy atom. The van der Waals surface area contributed by atoms with E-state index >= 15 is 0 Å². The van der Waals surface area contributed by atoms with Crippen LogP contribution in [0.5, 0.6) is 0 Å². The minimum atomic E-state index is -0.142. The summed E-state index contributed by atoms with van der Waals surface area (Å²) in [6, 6.07) is 0. The molecule has 2 atom stereocenters. The first-order valence-corrected chi connectivity index (χ1v) is 5.22. The highest BCUT2D eigenvalue weighted by molar-refractivity contribution is 5.04. The molecule has 12 heavy (non-hydrogen) atoms. The maximum atomic E-state index is 9.34. The molecule has 0 spiro atoms. The molecule has 1 N–H and O–H groups in total. The zero-order chi connectivity index (χ0) is 8.39. The van der Waals surface area contributed by atoms with Gasteiger partial charge in [0.05, 0.1) is 6.10 Å². The highest BCUT2D eigenvalue weighted by atomic mass is 16.3. The highest BCUT2D eigenvalue weighted by Crippen LogP contribution is 2.35. The SMILES string of the molecule is OC1C=CC(C2CCCCC2)C1. The lowest BCUT2D eigenvalue weighted by molar-refractivity contribution is 0.182. The van der Waals surface area contributed by atoms with Crippen molar-refractivity contribution in [1.29, 1.82) is 0 Å². The van der Waals surface area contributed by atoms with E-state index in [9.17, 15) is 5.11 Å². The van der Waals surface area contributed by atoms with Crippen molar-refractivity contribution in [3.63, 3.8) is 0 Å². The molecule has 2 aliphatic carbocycles. The van der Waals surface area contributed by atoms with Crippen LogP contribution in [0.15, 0.2) is 12.2 Å². The molecule has 0 aliphatic heterocycles. The molecule has 68 valence electrons. The molecule has 0 heterocycles. The number of allylic oxidation sites excluding steroid dienone is 1. The van der Waals surface area contributed by atoms with Crippen LogP contribution >= 0.6 is 0 Å². The lowest BCUT2D eigenvalue weighted by Crippen LogP contribution is -2.16.